The van der Waals surface area contributed by atoms with Gasteiger partial charge in [0.15, 0.2) is 0 Å². The van der Waals surface area contributed by atoms with Crippen molar-refractivity contribution in [2.24, 2.45) is 10.8 Å². The number of para-hydroxylation sites is 1. The number of nitrogens with zero attached hydrogens (tertiary/aromatic N) is 1. The summed E-state index contributed by atoms with van der Waals surface area (Å²) in [6.07, 6.45) is 3.40. The molecule has 122 valence electrons. The molecule has 3 rings (SSSR count). The number of hydrogen-bond donors (Lipinski definition) is 1. The standard InChI is InChI=1S/C19H29NO2/c1-18(2)9-15-10-19(3,13-18)14-20(15)11-16(21)12-22-17-7-5-4-6-8-17/h4-8,15-16,21H,9-14H2,1-3H3/t15-,16+,19-/m0/s1. The molecule has 1 heterocycles. The first-order valence-electron chi connectivity index (χ1n) is 8.45. The minimum Gasteiger partial charge on any atom is -0.491 e. The number of aliphatic hydroxyl groups is 1. The van der Waals surface area contributed by atoms with E-state index in [1.807, 2.05) is 30.3 Å². The van der Waals surface area contributed by atoms with Crippen molar-refractivity contribution < 1.29 is 9.84 Å². The molecule has 1 saturated heterocycles. The Morgan fingerprint density at radius 1 is 1.23 bits per heavy atom. The molecule has 3 atom stereocenters. The van der Waals surface area contributed by atoms with Crippen LogP contribution in [0.15, 0.2) is 30.3 Å². The zero-order valence-electron chi connectivity index (χ0n) is 14.1. The lowest BCUT2D eigenvalue weighted by molar-refractivity contribution is 0.0585. The first kappa shape index (κ1) is 15.8. The van der Waals surface area contributed by atoms with E-state index in [0.717, 1.165) is 18.8 Å². The van der Waals surface area contributed by atoms with Crippen molar-refractivity contribution in [1.82, 2.24) is 4.90 Å². The molecule has 1 aromatic rings. The summed E-state index contributed by atoms with van der Waals surface area (Å²) in [6.45, 7) is 9.39. The van der Waals surface area contributed by atoms with E-state index < -0.39 is 6.10 Å². The van der Waals surface area contributed by atoms with Crippen molar-refractivity contribution >= 4 is 0 Å². The predicted molar refractivity (Wildman–Crippen MR) is 89.0 cm³/mol. The third-order valence-electron chi connectivity index (χ3n) is 5.15. The molecule has 2 bridgehead atoms. The third-order valence-corrected chi connectivity index (χ3v) is 5.15. The summed E-state index contributed by atoms with van der Waals surface area (Å²) in [4.78, 5) is 2.49. The molecule has 1 aromatic carbocycles. The van der Waals surface area contributed by atoms with Gasteiger partial charge in [-0.1, -0.05) is 39.0 Å². The van der Waals surface area contributed by atoms with Crippen LogP contribution in [0.2, 0.25) is 0 Å². The first-order chi connectivity index (χ1) is 10.4. The number of rotatable bonds is 5. The fraction of sp³-hybridized carbons (Fsp3) is 0.684. The molecular formula is C19H29NO2. The fourth-order valence-corrected chi connectivity index (χ4v) is 4.82. The molecule has 0 spiro atoms. The van der Waals surface area contributed by atoms with Crippen LogP contribution in [-0.4, -0.2) is 41.8 Å². The SMILES string of the molecule is CC1(C)C[C@H]2C[C@](C)(CN2C[C@@H](O)COc2ccccc2)C1. The lowest BCUT2D eigenvalue weighted by Gasteiger charge is -2.40. The van der Waals surface area contributed by atoms with Crippen LogP contribution in [0.5, 0.6) is 5.75 Å². The van der Waals surface area contributed by atoms with Crippen LogP contribution in [0.1, 0.15) is 40.0 Å². The van der Waals surface area contributed by atoms with E-state index >= 15 is 0 Å². The number of ether oxygens (including phenoxy) is 1. The number of likely N-dealkylation sites (tertiary alicyclic amines) is 1. The Morgan fingerprint density at radius 3 is 2.68 bits per heavy atom. The van der Waals surface area contributed by atoms with Crippen LogP contribution in [0.4, 0.5) is 0 Å². The maximum atomic E-state index is 10.3. The van der Waals surface area contributed by atoms with Crippen LogP contribution in [0.3, 0.4) is 0 Å². The van der Waals surface area contributed by atoms with Crippen LogP contribution in [0.25, 0.3) is 0 Å². The Labute approximate surface area is 134 Å². The third kappa shape index (κ3) is 3.64. The highest BCUT2D eigenvalue weighted by Gasteiger charge is 2.49. The van der Waals surface area contributed by atoms with Gasteiger partial charge in [-0.15, -0.1) is 0 Å². The summed E-state index contributed by atoms with van der Waals surface area (Å²) >= 11 is 0. The number of hydrogen-bond acceptors (Lipinski definition) is 3. The van der Waals surface area contributed by atoms with E-state index in [4.69, 9.17) is 4.74 Å². The highest BCUT2D eigenvalue weighted by molar-refractivity contribution is 5.20. The average molecular weight is 303 g/mol. The van der Waals surface area contributed by atoms with Gasteiger partial charge in [0.2, 0.25) is 0 Å². The smallest absolute Gasteiger partial charge is 0.119 e. The van der Waals surface area contributed by atoms with Gasteiger partial charge in [-0.05, 0) is 42.2 Å². The van der Waals surface area contributed by atoms with E-state index in [2.05, 4.69) is 25.7 Å². The second-order valence-corrected chi connectivity index (χ2v) is 8.42. The summed E-state index contributed by atoms with van der Waals surface area (Å²) in [7, 11) is 0. The first-order valence-corrected chi connectivity index (χ1v) is 8.45. The molecule has 1 N–H and O–H groups in total. The maximum absolute atomic E-state index is 10.3. The summed E-state index contributed by atoms with van der Waals surface area (Å²) in [5, 5.41) is 10.3. The monoisotopic (exact) mass is 303 g/mol. The van der Waals surface area contributed by atoms with Gasteiger partial charge in [-0.25, -0.2) is 0 Å². The zero-order chi connectivity index (χ0) is 15.8. The highest BCUT2D eigenvalue weighted by Crippen LogP contribution is 2.52. The summed E-state index contributed by atoms with van der Waals surface area (Å²) in [5.41, 5.74) is 0.852. The molecule has 0 unspecified atom stereocenters. The van der Waals surface area contributed by atoms with Crippen molar-refractivity contribution in [2.45, 2.75) is 52.2 Å². The summed E-state index contributed by atoms with van der Waals surface area (Å²) in [5.74, 6) is 0.829. The fourth-order valence-electron chi connectivity index (χ4n) is 4.82. The molecule has 1 saturated carbocycles. The molecule has 1 aliphatic carbocycles. The molecular weight excluding hydrogens is 274 g/mol. The Morgan fingerprint density at radius 2 is 1.95 bits per heavy atom. The Bertz CT molecular complexity index is 501. The van der Waals surface area contributed by atoms with E-state index in [1.165, 1.54) is 19.3 Å². The van der Waals surface area contributed by atoms with Crippen molar-refractivity contribution in [3.05, 3.63) is 30.3 Å². The topological polar surface area (TPSA) is 32.7 Å². The Balaban J connectivity index is 1.53. The molecule has 2 aliphatic rings. The molecule has 2 fully saturated rings. The number of fused-ring (bicyclic) bond motifs is 2. The van der Waals surface area contributed by atoms with Gasteiger partial charge in [-0.3, -0.25) is 4.90 Å². The average Bonchev–Trinajstić information content (AvgIpc) is 2.66. The van der Waals surface area contributed by atoms with Gasteiger partial charge < -0.3 is 9.84 Å². The van der Waals surface area contributed by atoms with E-state index in [0.29, 0.717) is 23.5 Å². The molecule has 22 heavy (non-hydrogen) atoms. The maximum Gasteiger partial charge on any atom is 0.119 e. The highest BCUT2D eigenvalue weighted by atomic mass is 16.5. The van der Waals surface area contributed by atoms with Crippen LogP contribution in [-0.2, 0) is 0 Å². The number of aliphatic hydroxyl groups excluding tert-OH is 1. The van der Waals surface area contributed by atoms with E-state index in [1.54, 1.807) is 0 Å². The number of β-amino-alcohol motifs (C(OH)–C–C–N with tert-alkyl or cyclic N) is 1. The van der Waals surface area contributed by atoms with Crippen LogP contribution in [0, 0.1) is 10.8 Å². The zero-order valence-corrected chi connectivity index (χ0v) is 14.1. The number of benzene rings is 1. The van der Waals surface area contributed by atoms with Crippen molar-refractivity contribution in [3.8, 4) is 5.75 Å². The van der Waals surface area contributed by atoms with Crippen molar-refractivity contribution in [1.29, 1.82) is 0 Å². The lowest BCUT2D eigenvalue weighted by Crippen LogP contribution is -2.39. The van der Waals surface area contributed by atoms with E-state index in [9.17, 15) is 5.11 Å². The largest absolute Gasteiger partial charge is 0.491 e. The van der Waals surface area contributed by atoms with Gasteiger partial charge in [-0.2, -0.15) is 0 Å². The predicted octanol–water partition coefficient (Wildman–Crippen LogP) is 3.33. The van der Waals surface area contributed by atoms with Gasteiger partial charge in [0, 0.05) is 19.1 Å². The second-order valence-electron chi connectivity index (χ2n) is 8.42. The molecule has 0 amide bonds. The van der Waals surface area contributed by atoms with E-state index in [-0.39, 0.29) is 0 Å². The summed E-state index contributed by atoms with van der Waals surface area (Å²) in [6, 6.07) is 10.4. The van der Waals surface area contributed by atoms with Crippen LogP contribution >= 0.6 is 0 Å². The van der Waals surface area contributed by atoms with Gasteiger partial charge in [0.05, 0.1) is 0 Å². The lowest BCUT2D eigenvalue weighted by atomic mass is 9.65. The normalized spacial score (nSPS) is 31.9. The minimum absolute atomic E-state index is 0.368. The Hall–Kier alpha value is -1.06. The van der Waals surface area contributed by atoms with Crippen LogP contribution < -0.4 is 4.74 Å². The van der Waals surface area contributed by atoms with Crippen molar-refractivity contribution in [3.63, 3.8) is 0 Å². The molecule has 3 heteroatoms. The summed E-state index contributed by atoms with van der Waals surface area (Å²) < 4.78 is 5.68. The van der Waals surface area contributed by atoms with Crippen molar-refractivity contribution in [2.75, 3.05) is 19.7 Å². The molecule has 0 radical (unpaired) electrons. The quantitative estimate of drug-likeness (QED) is 0.905. The second kappa shape index (κ2) is 5.86. The minimum atomic E-state index is -0.425. The van der Waals surface area contributed by atoms with Gasteiger partial charge >= 0.3 is 0 Å². The Kier molecular flexibility index (Phi) is 4.21. The molecule has 1 aliphatic heterocycles. The molecule has 0 aromatic heterocycles. The van der Waals surface area contributed by atoms with Gasteiger partial charge in [0.1, 0.15) is 18.5 Å². The van der Waals surface area contributed by atoms with Gasteiger partial charge in [0.25, 0.3) is 0 Å². The molecule has 3 nitrogen and oxygen atoms in total.